The van der Waals surface area contributed by atoms with Gasteiger partial charge in [-0.05, 0) is 21.1 Å². The van der Waals surface area contributed by atoms with Gasteiger partial charge >= 0.3 is 0 Å². The van der Waals surface area contributed by atoms with Gasteiger partial charge in [0.15, 0.2) is 0 Å². The zero-order valence-electron chi connectivity index (χ0n) is 19.2. The minimum atomic E-state index is 0.680. The van der Waals surface area contributed by atoms with Crippen molar-refractivity contribution < 1.29 is 14.2 Å². The molecule has 0 spiro atoms. The van der Waals surface area contributed by atoms with Crippen LogP contribution in [0.1, 0.15) is 0 Å². The molecule has 2 bridgehead atoms. The van der Waals surface area contributed by atoms with Gasteiger partial charge in [-0.1, -0.05) is 0 Å². The van der Waals surface area contributed by atoms with E-state index in [9.17, 15) is 0 Å². The van der Waals surface area contributed by atoms with Gasteiger partial charge in [-0.25, -0.2) is 0 Å². The van der Waals surface area contributed by atoms with E-state index >= 15 is 0 Å². The van der Waals surface area contributed by atoms with Crippen LogP contribution in [-0.4, -0.2) is 164 Å². The van der Waals surface area contributed by atoms with Crippen molar-refractivity contribution in [3.63, 3.8) is 0 Å². The predicted molar refractivity (Wildman–Crippen MR) is 118 cm³/mol. The number of likely N-dealkylation sites (N-methyl/N-ethyl adjacent to an activating group) is 3. The first-order chi connectivity index (χ1) is 14.1. The maximum atomic E-state index is 5.98. The van der Waals surface area contributed by atoms with Crippen LogP contribution in [0, 0.1) is 0 Å². The van der Waals surface area contributed by atoms with E-state index in [1.54, 1.807) is 0 Å². The molecule has 0 aromatic rings. The van der Waals surface area contributed by atoms with Crippen molar-refractivity contribution in [2.75, 3.05) is 139 Å². The van der Waals surface area contributed by atoms with E-state index in [1.165, 1.54) is 0 Å². The summed E-state index contributed by atoms with van der Waals surface area (Å²) in [4.78, 5) is 12.3. The lowest BCUT2D eigenvalue weighted by atomic mass is 10.4. The van der Waals surface area contributed by atoms with E-state index in [0.29, 0.717) is 13.2 Å². The number of fused-ring (bicyclic) bond motifs is 6. The van der Waals surface area contributed by atoms with Crippen LogP contribution in [0.2, 0.25) is 0 Å². The fourth-order valence-corrected chi connectivity index (χ4v) is 3.51. The lowest BCUT2D eigenvalue weighted by Crippen LogP contribution is -2.42. The normalized spacial score (nSPS) is 30.7. The van der Waals surface area contributed by atoms with Gasteiger partial charge in [0.05, 0.1) is 39.6 Å². The van der Waals surface area contributed by atoms with Crippen molar-refractivity contribution in [2.45, 2.75) is 0 Å². The summed E-state index contributed by atoms with van der Waals surface area (Å²) in [5.41, 5.74) is 0. The molecule has 0 aromatic heterocycles. The highest BCUT2D eigenvalue weighted by atomic mass is 16.5. The molecule has 2 heterocycles. The molecule has 0 N–H and O–H groups in total. The second kappa shape index (κ2) is 15.5. The standard InChI is InChI=1S/C21H45N5O3/c1-22-4-6-23(2)8-10-25-12-16-27-17-13-26(11-9-24(3)7-5-22)15-19-29-21-20-28-18-14-25/h4-21H2,1-3H3. The quantitative estimate of drug-likeness (QED) is 0.489. The van der Waals surface area contributed by atoms with Gasteiger partial charge in [-0.3, -0.25) is 9.80 Å². The molecule has 172 valence electrons. The summed E-state index contributed by atoms with van der Waals surface area (Å²) < 4.78 is 17.6. The summed E-state index contributed by atoms with van der Waals surface area (Å²) in [5.74, 6) is 0. The minimum absolute atomic E-state index is 0.680. The molecular weight excluding hydrogens is 370 g/mol. The molecule has 2 aliphatic rings. The van der Waals surface area contributed by atoms with Crippen molar-refractivity contribution in [1.29, 1.82) is 0 Å². The Balaban J connectivity index is 1.96. The Kier molecular flexibility index (Phi) is 13.3. The highest BCUT2D eigenvalue weighted by molar-refractivity contribution is 4.66. The molecule has 29 heavy (non-hydrogen) atoms. The molecule has 2 rings (SSSR count). The third-order valence-electron chi connectivity index (χ3n) is 5.90. The van der Waals surface area contributed by atoms with Crippen LogP contribution >= 0.6 is 0 Å². The van der Waals surface area contributed by atoms with Gasteiger partial charge in [0.25, 0.3) is 0 Å². The van der Waals surface area contributed by atoms with Gasteiger partial charge in [0.2, 0.25) is 0 Å². The van der Waals surface area contributed by atoms with Crippen molar-refractivity contribution >= 4 is 0 Å². The molecule has 0 radical (unpaired) electrons. The molecule has 2 saturated heterocycles. The Morgan fingerprint density at radius 1 is 0.345 bits per heavy atom. The van der Waals surface area contributed by atoms with Crippen LogP contribution in [0.4, 0.5) is 0 Å². The first-order valence-electron chi connectivity index (χ1n) is 11.4. The van der Waals surface area contributed by atoms with Crippen molar-refractivity contribution in [3.8, 4) is 0 Å². The Morgan fingerprint density at radius 3 is 0.966 bits per heavy atom. The van der Waals surface area contributed by atoms with Gasteiger partial charge in [0, 0.05) is 78.5 Å². The Labute approximate surface area is 178 Å². The number of hydrogen-bond acceptors (Lipinski definition) is 8. The van der Waals surface area contributed by atoms with Crippen molar-refractivity contribution in [3.05, 3.63) is 0 Å². The molecule has 8 heteroatoms. The van der Waals surface area contributed by atoms with E-state index in [4.69, 9.17) is 14.2 Å². The van der Waals surface area contributed by atoms with E-state index < -0.39 is 0 Å². The molecule has 2 atom stereocenters. The molecular formula is C21H45N5O3. The Bertz CT molecular complexity index is 371. The Morgan fingerprint density at radius 2 is 0.621 bits per heavy atom. The van der Waals surface area contributed by atoms with E-state index in [2.05, 4.69) is 45.6 Å². The fourth-order valence-electron chi connectivity index (χ4n) is 3.51. The lowest BCUT2D eigenvalue weighted by molar-refractivity contribution is 0.0313. The number of nitrogens with zero attached hydrogens (tertiary/aromatic N) is 5. The van der Waals surface area contributed by atoms with Crippen LogP contribution in [-0.2, 0) is 14.2 Å². The largest absolute Gasteiger partial charge is 0.379 e. The first-order valence-corrected chi connectivity index (χ1v) is 11.4. The highest BCUT2D eigenvalue weighted by Crippen LogP contribution is 1.98. The van der Waals surface area contributed by atoms with Crippen LogP contribution in [0.5, 0.6) is 0 Å². The SMILES string of the molecule is CN1CCN(C)CCN2CCOCCOCCN(CCOCC2)CCN(C)CC1. The van der Waals surface area contributed by atoms with Gasteiger partial charge in [-0.2, -0.15) is 0 Å². The van der Waals surface area contributed by atoms with Crippen molar-refractivity contribution in [1.82, 2.24) is 24.5 Å². The second-order valence-corrected chi connectivity index (χ2v) is 8.43. The average molecular weight is 416 g/mol. The van der Waals surface area contributed by atoms with Crippen LogP contribution in [0.25, 0.3) is 0 Å². The molecule has 2 unspecified atom stereocenters. The number of hydrogen-bond donors (Lipinski definition) is 0. The minimum Gasteiger partial charge on any atom is -0.379 e. The average Bonchev–Trinajstić information content (AvgIpc) is 2.72. The molecule has 0 aliphatic carbocycles. The number of ether oxygens (including phenoxy) is 3. The Hall–Kier alpha value is -0.320. The molecule has 8 nitrogen and oxygen atoms in total. The van der Waals surface area contributed by atoms with Gasteiger partial charge < -0.3 is 28.9 Å². The zero-order valence-corrected chi connectivity index (χ0v) is 19.2. The molecule has 0 saturated carbocycles. The summed E-state index contributed by atoms with van der Waals surface area (Å²) in [6, 6.07) is 0. The summed E-state index contributed by atoms with van der Waals surface area (Å²) in [6.45, 7) is 17.0. The molecule has 0 amide bonds. The van der Waals surface area contributed by atoms with Crippen molar-refractivity contribution in [2.24, 2.45) is 0 Å². The zero-order chi connectivity index (χ0) is 20.7. The predicted octanol–water partition coefficient (Wildman–Crippen LogP) is -0.537. The first kappa shape index (κ1) is 24.9. The maximum absolute atomic E-state index is 5.98. The van der Waals surface area contributed by atoms with E-state index in [1.807, 2.05) is 0 Å². The maximum Gasteiger partial charge on any atom is 0.0701 e. The van der Waals surface area contributed by atoms with Gasteiger partial charge in [-0.15, -0.1) is 0 Å². The van der Waals surface area contributed by atoms with Crippen LogP contribution in [0.3, 0.4) is 0 Å². The lowest BCUT2D eigenvalue weighted by Gasteiger charge is -2.29. The van der Waals surface area contributed by atoms with Crippen LogP contribution in [0.15, 0.2) is 0 Å². The third-order valence-corrected chi connectivity index (χ3v) is 5.90. The summed E-state index contributed by atoms with van der Waals surface area (Å²) in [5, 5.41) is 0. The number of rotatable bonds is 0. The molecule has 2 aliphatic heterocycles. The van der Waals surface area contributed by atoms with E-state index in [0.717, 1.165) is 105 Å². The highest BCUT2D eigenvalue weighted by Gasteiger charge is 2.12. The fraction of sp³-hybridized carbons (Fsp3) is 1.00. The molecule has 0 aromatic carbocycles. The summed E-state index contributed by atoms with van der Waals surface area (Å²) in [6.07, 6.45) is 0. The third kappa shape index (κ3) is 12.2. The molecule has 2 fully saturated rings. The monoisotopic (exact) mass is 415 g/mol. The summed E-state index contributed by atoms with van der Waals surface area (Å²) in [7, 11) is 6.69. The topological polar surface area (TPSA) is 43.9 Å². The van der Waals surface area contributed by atoms with E-state index in [-0.39, 0.29) is 0 Å². The second-order valence-electron chi connectivity index (χ2n) is 8.43. The van der Waals surface area contributed by atoms with Crippen LogP contribution < -0.4 is 0 Å². The summed E-state index contributed by atoms with van der Waals surface area (Å²) >= 11 is 0. The smallest absolute Gasteiger partial charge is 0.0701 e. The van der Waals surface area contributed by atoms with Gasteiger partial charge in [0.1, 0.15) is 0 Å².